The van der Waals surface area contributed by atoms with Crippen molar-refractivity contribution in [3.8, 4) is 11.5 Å². The average molecular weight is 414 g/mol. The molecule has 1 atom stereocenters. The standard InChI is InChI=1S/C24H35N3O3/c1-16(2)15-27-18(4)20(17(3)25-27)11-12-24(28)26-13-7-8-22(26)21-10-9-19(29-5)14-23(21)30-6/h9-10,14,16,22H,7-8,11-13,15H2,1-6H3. The minimum atomic E-state index is 0.0595. The lowest BCUT2D eigenvalue weighted by Gasteiger charge is -2.26. The number of aromatic nitrogens is 2. The molecule has 2 heterocycles. The Bertz CT molecular complexity index is 888. The fourth-order valence-corrected chi connectivity index (χ4v) is 4.48. The van der Waals surface area contributed by atoms with Gasteiger partial charge in [-0.1, -0.05) is 13.8 Å². The summed E-state index contributed by atoms with van der Waals surface area (Å²) in [6.07, 6.45) is 3.20. The predicted octanol–water partition coefficient (Wildman–Crippen LogP) is 4.47. The van der Waals surface area contributed by atoms with Crippen molar-refractivity contribution in [3.63, 3.8) is 0 Å². The molecule has 6 heteroatoms. The Morgan fingerprint density at radius 1 is 1.23 bits per heavy atom. The van der Waals surface area contributed by atoms with Gasteiger partial charge in [0.15, 0.2) is 0 Å². The summed E-state index contributed by atoms with van der Waals surface area (Å²) in [6.45, 7) is 10.3. The van der Waals surface area contributed by atoms with Crippen LogP contribution < -0.4 is 9.47 Å². The Morgan fingerprint density at radius 2 is 2.00 bits per heavy atom. The van der Waals surface area contributed by atoms with E-state index in [0.717, 1.165) is 55.1 Å². The van der Waals surface area contributed by atoms with Crippen molar-refractivity contribution in [3.05, 3.63) is 40.7 Å². The maximum atomic E-state index is 13.2. The maximum Gasteiger partial charge on any atom is 0.223 e. The molecule has 1 amide bonds. The summed E-state index contributed by atoms with van der Waals surface area (Å²) in [6, 6.07) is 5.92. The lowest BCUT2D eigenvalue weighted by atomic mass is 10.0. The van der Waals surface area contributed by atoms with Crippen molar-refractivity contribution in [1.82, 2.24) is 14.7 Å². The zero-order chi connectivity index (χ0) is 21.8. The minimum Gasteiger partial charge on any atom is -0.497 e. The Kier molecular flexibility index (Phi) is 7.06. The van der Waals surface area contributed by atoms with E-state index in [1.165, 1.54) is 11.3 Å². The van der Waals surface area contributed by atoms with Crippen molar-refractivity contribution < 1.29 is 14.3 Å². The first kappa shape index (κ1) is 22.2. The molecule has 0 aliphatic carbocycles. The van der Waals surface area contributed by atoms with Crippen LogP contribution in [-0.4, -0.2) is 41.4 Å². The normalized spacial score (nSPS) is 16.4. The van der Waals surface area contributed by atoms with Gasteiger partial charge in [0.05, 0.1) is 26.0 Å². The van der Waals surface area contributed by atoms with E-state index >= 15 is 0 Å². The summed E-state index contributed by atoms with van der Waals surface area (Å²) in [5.74, 6) is 2.28. The molecule has 30 heavy (non-hydrogen) atoms. The number of hydrogen-bond acceptors (Lipinski definition) is 4. The van der Waals surface area contributed by atoms with Crippen LogP contribution in [0.3, 0.4) is 0 Å². The van der Waals surface area contributed by atoms with Crippen LogP contribution in [0.15, 0.2) is 18.2 Å². The molecule has 1 aliphatic rings. The third-order valence-electron chi connectivity index (χ3n) is 6.03. The molecule has 6 nitrogen and oxygen atoms in total. The highest BCUT2D eigenvalue weighted by Crippen LogP contribution is 2.39. The molecular weight excluding hydrogens is 378 g/mol. The fourth-order valence-electron chi connectivity index (χ4n) is 4.48. The molecule has 3 rings (SSSR count). The van der Waals surface area contributed by atoms with Crippen LogP contribution >= 0.6 is 0 Å². The van der Waals surface area contributed by atoms with Gasteiger partial charge in [0.1, 0.15) is 11.5 Å². The van der Waals surface area contributed by atoms with Crippen molar-refractivity contribution in [2.24, 2.45) is 5.92 Å². The molecule has 164 valence electrons. The van der Waals surface area contributed by atoms with Gasteiger partial charge in [-0.05, 0) is 56.7 Å². The van der Waals surface area contributed by atoms with Crippen LogP contribution in [0.1, 0.15) is 61.7 Å². The molecule has 0 N–H and O–H groups in total. The van der Waals surface area contributed by atoms with Crippen molar-refractivity contribution in [1.29, 1.82) is 0 Å². The van der Waals surface area contributed by atoms with Gasteiger partial charge in [0, 0.05) is 36.8 Å². The molecule has 2 aromatic rings. The Labute approximate surface area is 180 Å². The number of methoxy groups -OCH3 is 2. The van der Waals surface area contributed by atoms with Crippen molar-refractivity contribution >= 4 is 5.91 Å². The second-order valence-electron chi connectivity index (χ2n) is 8.58. The molecule has 1 unspecified atom stereocenters. The van der Waals surface area contributed by atoms with Crippen molar-refractivity contribution in [2.45, 2.75) is 66.0 Å². The van der Waals surface area contributed by atoms with E-state index in [1.807, 2.05) is 30.0 Å². The maximum absolute atomic E-state index is 13.2. The van der Waals surface area contributed by atoms with Crippen LogP contribution in [0.2, 0.25) is 0 Å². The predicted molar refractivity (Wildman–Crippen MR) is 118 cm³/mol. The number of nitrogens with zero attached hydrogens (tertiary/aromatic N) is 3. The summed E-state index contributed by atoms with van der Waals surface area (Å²) in [5.41, 5.74) is 4.49. The number of amides is 1. The first-order valence-corrected chi connectivity index (χ1v) is 10.9. The van der Waals surface area contributed by atoms with Gasteiger partial charge in [-0.25, -0.2) is 0 Å². The molecule has 1 fully saturated rings. The molecule has 1 aliphatic heterocycles. The largest absolute Gasteiger partial charge is 0.497 e. The first-order chi connectivity index (χ1) is 14.3. The molecule has 0 radical (unpaired) electrons. The van der Waals surface area contributed by atoms with E-state index in [0.29, 0.717) is 12.3 Å². The lowest BCUT2D eigenvalue weighted by molar-refractivity contribution is -0.132. The fraction of sp³-hybridized carbons (Fsp3) is 0.583. The molecule has 0 spiro atoms. The minimum absolute atomic E-state index is 0.0595. The molecule has 0 saturated carbocycles. The smallest absolute Gasteiger partial charge is 0.223 e. The molecule has 1 aromatic heterocycles. The van der Waals surface area contributed by atoms with Crippen LogP contribution in [-0.2, 0) is 17.8 Å². The van der Waals surface area contributed by atoms with Gasteiger partial charge in [-0.15, -0.1) is 0 Å². The third kappa shape index (κ3) is 4.63. The SMILES string of the molecule is COc1ccc(C2CCCN2C(=O)CCc2c(C)nn(CC(C)C)c2C)c(OC)c1. The summed E-state index contributed by atoms with van der Waals surface area (Å²) in [5, 5.41) is 4.69. The first-order valence-electron chi connectivity index (χ1n) is 10.9. The highest BCUT2D eigenvalue weighted by atomic mass is 16.5. The zero-order valence-electron chi connectivity index (χ0n) is 19.2. The van der Waals surface area contributed by atoms with E-state index in [2.05, 4.69) is 25.5 Å². The summed E-state index contributed by atoms with van der Waals surface area (Å²) in [4.78, 5) is 15.2. The number of aryl methyl sites for hydroxylation is 1. The van der Waals surface area contributed by atoms with E-state index in [-0.39, 0.29) is 11.9 Å². The average Bonchev–Trinajstić information content (AvgIpc) is 3.30. The van der Waals surface area contributed by atoms with Gasteiger partial charge in [-0.2, -0.15) is 5.10 Å². The lowest BCUT2D eigenvalue weighted by Crippen LogP contribution is -2.31. The van der Waals surface area contributed by atoms with Crippen LogP contribution in [0.25, 0.3) is 0 Å². The molecule has 1 aromatic carbocycles. The van der Waals surface area contributed by atoms with E-state index in [1.54, 1.807) is 14.2 Å². The van der Waals surface area contributed by atoms with Crippen molar-refractivity contribution in [2.75, 3.05) is 20.8 Å². The third-order valence-corrected chi connectivity index (χ3v) is 6.03. The number of hydrogen-bond donors (Lipinski definition) is 0. The molecule has 0 bridgehead atoms. The van der Waals surface area contributed by atoms with Crippen LogP contribution in [0.4, 0.5) is 0 Å². The molecule has 1 saturated heterocycles. The number of ether oxygens (including phenoxy) is 2. The van der Waals surface area contributed by atoms with E-state index in [4.69, 9.17) is 14.6 Å². The summed E-state index contributed by atoms with van der Waals surface area (Å²) in [7, 11) is 3.31. The van der Waals surface area contributed by atoms with E-state index in [9.17, 15) is 4.79 Å². The zero-order valence-corrected chi connectivity index (χ0v) is 19.2. The quantitative estimate of drug-likeness (QED) is 0.641. The second-order valence-corrected chi connectivity index (χ2v) is 8.58. The Hall–Kier alpha value is -2.50. The van der Waals surface area contributed by atoms with Crippen LogP contribution in [0.5, 0.6) is 11.5 Å². The number of carbonyl (C=O) groups excluding carboxylic acids is 1. The molecular formula is C24H35N3O3. The number of rotatable bonds is 8. The van der Waals surface area contributed by atoms with Gasteiger partial charge >= 0.3 is 0 Å². The number of carbonyl (C=O) groups is 1. The number of likely N-dealkylation sites (tertiary alicyclic amines) is 1. The van der Waals surface area contributed by atoms with Gasteiger partial charge < -0.3 is 14.4 Å². The van der Waals surface area contributed by atoms with Crippen LogP contribution in [0, 0.1) is 19.8 Å². The van der Waals surface area contributed by atoms with Gasteiger partial charge in [0.25, 0.3) is 0 Å². The van der Waals surface area contributed by atoms with E-state index < -0.39 is 0 Å². The monoisotopic (exact) mass is 413 g/mol. The summed E-state index contributed by atoms with van der Waals surface area (Å²) >= 11 is 0. The highest BCUT2D eigenvalue weighted by molar-refractivity contribution is 5.77. The topological polar surface area (TPSA) is 56.6 Å². The number of benzene rings is 1. The Balaban J connectivity index is 1.72. The Morgan fingerprint density at radius 3 is 2.67 bits per heavy atom. The highest BCUT2D eigenvalue weighted by Gasteiger charge is 2.32. The van der Waals surface area contributed by atoms with Gasteiger partial charge in [0.2, 0.25) is 5.91 Å². The summed E-state index contributed by atoms with van der Waals surface area (Å²) < 4.78 is 13.0. The second kappa shape index (κ2) is 9.54. The van der Waals surface area contributed by atoms with Gasteiger partial charge in [-0.3, -0.25) is 9.48 Å².